The molecule has 108 valence electrons. The van der Waals surface area contributed by atoms with Gasteiger partial charge in [-0.05, 0) is 18.2 Å². The number of nitrogens with zero attached hydrogens (tertiary/aromatic N) is 1. The molecule has 2 fully saturated rings. The van der Waals surface area contributed by atoms with E-state index in [4.69, 9.17) is 26.8 Å². The first kappa shape index (κ1) is 13.7. The van der Waals surface area contributed by atoms with Gasteiger partial charge in [-0.3, -0.25) is 4.79 Å². The minimum absolute atomic E-state index is 0.0878. The Balaban J connectivity index is 1.71. The molecule has 1 amide bonds. The number of hydrogen-bond acceptors (Lipinski definition) is 4. The molecular weight excluding hydrogens is 280 g/mol. The zero-order valence-electron chi connectivity index (χ0n) is 11.1. The molecule has 0 radical (unpaired) electrons. The molecule has 1 aromatic carbocycles. The maximum Gasteiger partial charge on any atom is 0.255 e. The van der Waals surface area contributed by atoms with Gasteiger partial charge in [-0.1, -0.05) is 11.6 Å². The first-order chi connectivity index (χ1) is 9.60. The minimum atomic E-state index is -0.476. The van der Waals surface area contributed by atoms with Crippen LogP contribution in [-0.2, 0) is 9.47 Å². The van der Waals surface area contributed by atoms with Gasteiger partial charge in [0.15, 0.2) is 5.79 Å². The maximum atomic E-state index is 12.5. The Morgan fingerprint density at radius 3 is 2.55 bits per heavy atom. The number of nitrogens with two attached hydrogens (primary N) is 1. The van der Waals surface area contributed by atoms with E-state index in [1.807, 2.05) is 0 Å². The highest BCUT2D eigenvalue weighted by Gasteiger charge is 2.41. The van der Waals surface area contributed by atoms with Crippen LogP contribution in [0.25, 0.3) is 0 Å². The lowest BCUT2D eigenvalue weighted by molar-refractivity contribution is -0.181. The summed E-state index contributed by atoms with van der Waals surface area (Å²) in [4.78, 5) is 14.3. The van der Waals surface area contributed by atoms with Crippen LogP contribution >= 0.6 is 11.6 Å². The van der Waals surface area contributed by atoms with Crippen LogP contribution in [-0.4, -0.2) is 42.9 Å². The van der Waals surface area contributed by atoms with Gasteiger partial charge in [-0.25, -0.2) is 0 Å². The molecule has 2 heterocycles. The number of nitrogen functional groups attached to an aromatic ring is 1. The Hall–Kier alpha value is -1.30. The molecule has 5 nitrogen and oxygen atoms in total. The molecule has 3 rings (SSSR count). The molecule has 2 N–H and O–H groups in total. The van der Waals surface area contributed by atoms with Crippen molar-refractivity contribution in [1.82, 2.24) is 4.90 Å². The summed E-state index contributed by atoms with van der Waals surface area (Å²) in [6.45, 7) is 2.47. The van der Waals surface area contributed by atoms with E-state index in [0.29, 0.717) is 55.4 Å². The topological polar surface area (TPSA) is 64.8 Å². The number of benzene rings is 1. The summed E-state index contributed by atoms with van der Waals surface area (Å²) in [6, 6.07) is 4.96. The van der Waals surface area contributed by atoms with Crippen LogP contribution in [0.3, 0.4) is 0 Å². The third-order valence-corrected chi connectivity index (χ3v) is 4.18. The maximum absolute atomic E-state index is 12.5. The number of ether oxygens (including phenoxy) is 2. The van der Waals surface area contributed by atoms with E-state index in [0.717, 1.165) is 0 Å². The average Bonchev–Trinajstić information content (AvgIpc) is 2.90. The summed E-state index contributed by atoms with van der Waals surface area (Å²) in [5.74, 6) is -0.564. The Morgan fingerprint density at radius 2 is 1.90 bits per heavy atom. The lowest BCUT2D eigenvalue weighted by Gasteiger charge is -2.37. The zero-order valence-corrected chi connectivity index (χ0v) is 11.9. The van der Waals surface area contributed by atoms with Crippen molar-refractivity contribution in [2.24, 2.45) is 0 Å². The number of carbonyl (C=O) groups excluding carboxylic acids is 1. The second-order valence-electron chi connectivity index (χ2n) is 5.14. The van der Waals surface area contributed by atoms with Gasteiger partial charge in [0, 0.05) is 31.6 Å². The van der Waals surface area contributed by atoms with Gasteiger partial charge >= 0.3 is 0 Å². The number of likely N-dealkylation sites (tertiary alicyclic amines) is 1. The molecule has 0 unspecified atom stereocenters. The highest BCUT2D eigenvalue weighted by atomic mass is 35.5. The summed E-state index contributed by atoms with van der Waals surface area (Å²) in [6.07, 6.45) is 1.39. The summed E-state index contributed by atoms with van der Waals surface area (Å²) in [7, 11) is 0. The van der Waals surface area contributed by atoms with Crippen LogP contribution in [0, 0.1) is 0 Å². The van der Waals surface area contributed by atoms with Gasteiger partial charge in [-0.15, -0.1) is 0 Å². The first-order valence-electron chi connectivity index (χ1n) is 6.72. The van der Waals surface area contributed by atoms with E-state index in [1.165, 1.54) is 0 Å². The van der Waals surface area contributed by atoms with Gasteiger partial charge in [0.25, 0.3) is 5.91 Å². The van der Waals surface area contributed by atoms with Crippen LogP contribution < -0.4 is 5.73 Å². The molecule has 0 aromatic heterocycles. The van der Waals surface area contributed by atoms with Crippen molar-refractivity contribution < 1.29 is 14.3 Å². The van der Waals surface area contributed by atoms with Crippen LogP contribution in [0.1, 0.15) is 23.2 Å². The van der Waals surface area contributed by atoms with E-state index in [9.17, 15) is 4.79 Å². The van der Waals surface area contributed by atoms with Crippen molar-refractivity contribution in [3.8, 4) is 0 Å². The Kier molecular flexibility index (Phi) is 3.58. The summed E-state index contributed by atoms with van der Waals surface area (Å²) < 4.78 is 11.3. The fourth-order valence-corrected chi connectivity index (χ4v) is 2.91. The van der Waals surface area contributed by atoms with Crippen molar-refractivity contribution in [1.29, 1.82) is 0 Å². The van der Waals surface area contributed by atoms with Gasteiger partial charge in [0.05, 0.1) is 23.8 Å². The van der Waals surface area contributed by atoms with Gasteiger partial charge in [0.2, 0.25) is 0 Å². The second-order valence-corrected chi connectivity index (χ2v) is 5.55. The van der Waals surface area contributed by atoms with Crippen molar-refractivity contribution in [3.05, 3.63) is 28.8 Å². The molecule has 2 saturated heterocycles. The fourth-order valence-electron chi connectivity index (χ4n) is 2.71. The predicted octanol–water partition coefficient (Wildman–Crippen LogP) is 1.90. The SMILES string of the molecule is Nc1ccc(Cl)c(C(=O)N2CCC3(CC2)OCCO3)c1. The van der Waals surface area contributed by atoms with Crippen molar-refractivity contribution >= 4 is 23.2 Å². The second kappa shape index (κ2) is 5.24. The molecule has 0 atom stereocenters. The van der Waals surface area contributed by atoms with Crippen LogP contribution in [0.5, 0.6) is 0 Å². The molecule has 0 aliphatic carbocycles. The summed E-state index contributed by atoms with van der Waals surface area (Å²) >= 11 is 6.08. The van der Waals surface area contributed by atoms with Crippen LogP contribution in [0.2, 0.25) is 5.02 Å². The number of anilines is 1. The zero-order chi connectivity index (χ0) is 14.2. The number of piperidine rings is 1. The van der Waals surface area contributed by atoms with Gasteiger partial charge in [0.1, 0.15) is 0 Å². The van der Waals surface area contributed by atoms with E-state index < -0.39 is 5.79 Å². The standard InChI is InChI=1S/C14H17ClN2O3/c15-12-2-1-10(16)9-11(12)13(18)17-5-3-14(4-6-17)19-7-8-20-14/h1-2,9H,3-8,16H2. The smallest absolute Gasteiger partial charge is 0.255 e. The van der Waals surface area contributed by atoms with E-state index in [2.05, 4.69) is 0 Å². The van der Waals surface area contributed by atoms with E-state index in [-0.39, 0.29) is 5.91 Å². The molecule has 0 saturated carbocycles. The molecule has 6 heteroatoms. The van der Waals surface area contributed by atoms with E-state index >= 15 is 0 Å². The van der Waals surface area contributed by atoms with Crippen LogP contribution in [0.15, 0.2) is 18.2 Å². The number of halogens is 1. The number of amides is 1. The van der Waals surface area contributed by atoms with Gasteiger partial charge in [-0.2, -0.15) is 0 Å². The largest absolute Gasteiger partial charge is 0.399 e. The quantitative estimate of drug-likeness (QED) is 0.804. The normalized spacial score (nSPS) is 21.4. The van der Waals surface area contributed by atoms with E-state index in [1.54, 1.807) is 23.1 Å². The van der Waals surface area contributed by atoms with Crippen molar-refractivity contribution in [2.45, 2.75) is 18.6 Å². The van der Waals surface area contributed by atoms with Crippen molar-refractivity contribution in [2.75, 3.05) is 32.0 Å². The lowest BCUT2D eigenvalue weighted by Crippen LogP contribution is -2.47. The monoisotopic (exact) mass is 296 g/mol. The molecular formula is C14H17ClN2O3. The molecule has 2 aliphatic rings. The van der Waals surface area contributed by atoms with Crippen molar-refractivity contribution in [3.63, 3.8) is 0 Å². The fraction of sp³-hybridized carbons (Fsp3) is 0.500. The minimum Gasteiger partial charge on any atom is -0.399 e. The molecule has 0 bridgehead atoms. The third-order valence-electron chi connectivity index (χ3n) is 3.85. The Morgan fingerprint density at radius 1 is 1.25 bits per heavy atom. The number of carbonyl (C=O) groups is 1. The molecule has 1 aromatic rings. The average molecular weight is 297 g/mol. The first-order valence-corrected chi connectivity index (χ1v) is 7.10. The Bertz CT molecular complexity index is 519. The highest BCUT2D eigenvalue weighted by molar-refractivity contribution is 6.34. The highest BCUT2D eigenvalue weighted by Crippen LogP contribution is 2.32. The predicted molar refractivity (Wildman–Crippen MR) is 75.6 cm³/mol. The molecule has 2 aliphatic heterocycles. The summed E-state index contributed by atoms with van der Waals surface area (Å²) in [5, 5.41) is 0.429. The number of hydrogen-bond donors (Lipinski definition) is 1. The third kappa shape index (κ3) is 2.49. The Labute approximate surface area is 122 Å². The molecule has 20 heavy (non-hydrogen) atoms. The summed E-state index contributed by atoms with van der Waals surface area (Å²) in [5.41, 5.74) is 6.71. The molecule has 1 spiro atoms. The van der Waals surface area contributed by atoms with Crippen LogP contribution in [0.4, 0.5) is 5.69 Å². The van der Waals surface area contributed by atoms with Gasteiger partial charge < -0.3 is 20.1 Å². The lowest BCUT2D eigenvalue weighted by atomic mass is 10.0. The number of rotatable bonds is 1.